The van der Waals surface area contributed by atoms with Gasteiger partial charge >= 0.3 is 0 Å². The number of nitrogen functional groups attached to an aromatic ring is 1. The summed E-state index contributed by atoms with van der Waals surface area (Å²) in [6.07, 6.45) is 0. The highest BCUT2D eigenvalue weighted by molar-refractivity contribution is 7.89. The van der Waals surface area contributed by atoms with E-state index in [1.807, 2.05) is 37.3 Å². The van der Waals surface area contributed by atoms with Crippen molar-refractivity contribution in [1.29, 1.82) is 0 Å². The van der Waals surface area contributed by atoms with Crippen molar-refractivity contribution in [3.05, 3.63) is 59.9 Å². The lowest BCUT2D eigenvalue weighted by atomic mass is 10.0. The average Bonchev–Trinajstić information content (AvgIpc) is 2.48. The number of rotatable bonds is 5. The summed E-state index contributed by atoms with van der Waals surface area (Å²) < 4.78 is 40.0. The Balaban J connectivity index is 2.13. The largest absolute Gasteiger partial charge is 0.398 e. The fraction of sp³-hybridized carbons (Fsp3) is 0.200. The maximum Gasteiger partial charge on any atom is 0.242 e. The molecular weight excluding hydrogens is 291 g/mol. The third-order valence-electron chi connectivity index (χ3n) is 3.21. The monoisotopic (exact) mass is 308 g/mol. The Labute approximate surface area is 123 Å². The maximum atomic E-state index is 13.2. The summed E-state index contributed by atoms with van der Waals surface area (Å²) in [5.74, 6) is -0.642. The van der Waals surface area contributed by atoms with Gasteiger partial charge in [0.15, 0.2) is 0 Å². The van der Waals surface area contributed by atoms with Crippen LogP contribution >= 0.6 is 0 Å². The summed E-state index contributed by atoms with van der Waals surface area (Å²) in [6.45, 7) is 2.12. The van der Waals surface area contributed by atoms with Crippen molar-refractivity contribution in [2.24, 2.45) is 0 Å². The Morgan fingerprint density at radius 3 is 2.52 bits per heavy atom. The average molecular weight is 308 g/mol. The number of sulfonamides is 1. The normalized spacial score (nSPS) is 13.0. The first-order valence-corrected chi connectivity index (χ1v) is 7.98. The van der Waals surface area contributed by atoms with Crippen molar-refractivity contribution in [3.8, 4) is 0 Å². The van der Waals surface area contributed by atoms with Crippen LogP contribution in [-0.4, -0.2) is 15.0 Å². The molecule has 0 saturated carbocycles. The Hall–Kier alpha value is -1.92. The van der Waals surface area contributed by atoms with Gasteiger partial charge in [0.25, 0.3) is 0 Å². The lowest BCUT2D eigenvalue weighted by molar-refractivity contribution is 0.572. The zero-order valence-corrected chi connectivity index (χ0v) is 12.4. The van der Waals surface area contributed by atoms with Gasteiger partial charge in [-0.3, -0.25) is 0 Å². The molecule has 0 saturated heterocycles. The van der Waals surface area contributed by atoms with E-state index in [4.69, 9.17) is 5.73 Å². The van der Waals surface area contributed by atoms with E-state index in [0.717, 1.165) is 17.7 Å². The summed E-state index contributed by atoms with van der Waals surface area (Å²) in [7, 11) is -3.83. The molecule has 4 nitrogen and oxygen atoms in total. The van der Waals surface area contributed by atoms with E-state index in [1.165, 1.54) is 6.07 Å². The van der Waals surface area contributed by atoms with E-state index in [-0.39, 0.29) is 23.0 Å². The smallest absolute Gasteiger partial charge is 0.242 e. The molecule has 112 valence electrons. The highest BCUT2D eigenvalue weighted by Crippen LogP contribution is 2.20. The second-order valence-corrected chi connectivity index (χ2v) is 6.58. The van der Waals surface area contributed by atoms with Crippen molar-refractivity contribution in [2.45, 2.75) is 17.7 Å². The standard InChI is InChI=1S/C15H17FN2O2S/c1-11(12-5-3-2-4-6-12)10-18-21(19,20)15-9-13(16)7-8-14(15)17/h2-9,11,18H,10,17H2,1H3. The van der Waals surface area contributed by atoms with E-state index in [2.05, 4.69) is 4.72 Å². The van der Waals surface area contributed by atoms with Gasteiger partial charge in [-0.25, -0.2) is 17.5 Å². The number of anilines is 1. The molecule has 0 bridgehead atoms. The molecule has 1 unspecified atom stereocenters. The summed E-state index contributed by atoms with van der Waals surface area (Å²) in [4.78, 5) is -0.234. The summed E-state index contributed by atoms with van der Waals surface area (Å²) in [5, 5.41) is 0. The fourth-order valence-corrected chi connectivity index (χ4v) is 3.22. The molecule has 21 heavy (non-hydrogen) atoms. The van der Waals surface area contributed by atoms with E-state index >= 15 is 0 Å². The molecule has 0 heterocycles. The molecule has 2 rings (SSSR count). The second kappa shape index (κ2) is 6.24. The summed E-state index contributed by atoms with van der Waals surface area (Å²) in [6, 6.07) is 12.8. The fourth-order valence-electron chi connectivity index (χ4n) is 1.95. The van der Waals surface area contributed by atoms with Gasteiger partial charge in [-0.1, -0.05) is 37.3 Å². The van der Waals surface area contributed by atoms with Crippen LogP contribution in [-0.2, 0) is 10.0 Å². The SMILES string of the molecule is CC(CNS(=O)(=O)c1cc(F)ccc1N)c1ccccc1. The number of nitrogens with one attached hydrogen (secondary N) is 1. The molecule has 2 aromatic rings. The van der Waals surface area contributed by atoms with Gasteiger partial charge in [-0.05, 0) is 29.7 Å². The van der Waals surface area contributed by atoms with Crippen molar-refractivity contribution < 1.29 is 12.8 Å². The van der Waals surface area contributed by atoms with Crippen molar-refractivity contribution in [3.63, 3.8) is 0 Å². The third-order valence-corrected chi connectivity index (χ3v) is 4.69. The van der Waals surface area contributed by atoms with E-state index < -0.39 is 15.8 Å². The van der Waals surface area contributed by atoms with Gasteiger partial charge in [0.2, 0.25) is 10.0 Å². The van der Waals surface area contributed by atoms with E-state index in [0.29, 0.717) is 0 Å². The lowest BCUT2D eigenvalue weighted by Crippen LogP contribution is -2.28. The molecule has 0 aromatic heterocycles. The summed E-state index contributed by atoms with van der Waals surface area (Å²) >= 11 is 0. The molecule has 0 aliphatic rings. The Morgan fingerprint density at radius 1 is 1.19 bits per heavy atom. The van der Waals surface area contributed by atoms with Gasteiger partial charge in [-0.15, -0.1) is 0 Å². The minimum Gasteiger partial charge on any atom is -0.398 e. The molecule has 0 aliphatic heterocycles. The Bertz CT molecular complexity index is 718. The molecule has 1 atom stereocenters. The molecule has 2 aromatic carbocycles. The van der Waals surface area contributed by atoms with E-state index in [9.17, 15) is 12.8 Å². The molecule has 0 spiro atoms. The zero-order chi connectivity index (χ0) is 15.5. The molecule has 0 amide bonds. The first-order valence-electron chi connectivity index (χ1n) is 6.50. The topological polar surface area (TPSA) is 72.2 Å². The Kier molecular flexibility index (Phi) is 4.59. The second-order valence-electron chi connectivity index (χ2n) is 4.85. The van der Waals surface area contributed by atoms with Crippen LogP contribution in [0.2, 0.25) is 0 Å². The summed E-state index contributed by atoms with van der Waals surface area (Å²) in [5.41, 5.74) is 6.65. The highest BCUT2D eigenvalue weighted by atomic mass is 32.2. The van der Waals surface area contributed by atoms with Crippen LogP contribution in [0.4, 0.5) is 10.1 Å². The molecular formula is C15H17FN2O2S. The Morgan fingerprint density at radius 2 is 1.86 bits per heavy atom. The molecule has 0 radical (unpaired) electrons. The first-order chi connectivity index (χ1) is 9.90. The number of hydrogen-bond acceptors (Lipinski definition) is 3. The molecule has 3 N–H and O–H groups in total. The first kappa shape index (κ1) is 15.5. The van der Waals surface area contributed by atoms with Gasteiger partial charge < -0.3 is 5.73 Å². The van der Waals surface area contributed by atoms with Crippen LogP contribution in [0.5, 0.6) is 0 Å². The minimum absolute atomic E-state index is 0.00393. The van der Waals surface area contributed by atoms with Gasteiger partial charge in [0, 0.05) is 6.54 Å². The van der Waals surface area contributed by atoms with Crippen LogP contribution in [0.25, 0.3) is 0 Å². The zero-order valence-electron chi connectivity index (χ0n) is 11.6. The van der Waals surface area contributed by atoms with Gasteiger partial charge in [0.05, 0.1) is 5.69 Å². The number of nitrogens with two attached hydrogens (primary N) is 1. The van der Waals surface area contributed by atoms with E-state index in [1.54, 1.807) is 0 Å². The quantitative estimate of drug-likeness (QED) is 0.834. The van der Waals surface area contributed by atoms with Crippen LogP contribution in [0.15, 0.2) is 53.4 Å². The molecule has 0 aliphatic carbocycles. The predicted octanol–water partition coefficient (Wildman–Crippen LogP) is 2.49. The van der Waals surface area contributed by atoms with Crippen molar-refractivity contribution in [1.82, 2.24) is 4.72 Å². The van der Waals surface area contributed by atoms with Crippen molar-refractivity contribution in [2.75, 3.05) is 12.3 Å². The minimum atomic E-state index is -3.83. The molecule has 6 heteroatoms. The number of benzene rings is 2. The van der Waals surface area contributed by atoms with Crippen LogP contribution in [0.1, 0.15) is 18.4 Å². The van der Waals surface area contributed by atoms with Crippen LogP contribution < -0.4 is 10.5 Å². The maximum absolute atomic E-state index is 13.2. The highest BCUT2D eigenvalue weighted by Gasteiger charge is 2.19. The number of halogens is 1. The van der Waals surface area contributed by atoms with Crippen molar-refractivity contribution >= 4 is 15.7 Å². The van der Waals surface area contributed by atoms with Gasteiger partial charge in [0.1, 0.15) is 10.7 Å². The van der Waals surface area contributed by atoms with Gasteiger partial charge in [-0.2, -0.15) is 0 Å². The molecule has 0 fully saturated rings. The predicted molar refractivity (Wildman–Crippen MR) is 80.9 cm³/mol. The third kappa shape index (κ3) is 3.80. The van der Waals surface area contributed by atoms with Crippen LogP contribution in [0.3, 0.4) is 0 Å². The lowest BCUT2D eigenvalue weighted by Gasteiger charge is -2.14. The van der Waals surface area contributed by atoms with Crippen LogP contribution in [0, 0.1) is 5.82 Å². The number of hydrogen-bond donors (Lipinski definition) is 2.